The number of rotatable bonds is 7. The van der Waals surface area contributed by atoms with Crippen LogP contribution in [0.5, 0.6) is 5.75 Å². The van der Waals surface area contributed by atoms with Crippen LogP contribution >= 0.6 is 15.9 Å². The Morgan fingerprint density at radius 1 is 1.35 bits per heavy atom. The Labute approximate surface area is 141 Å². The fourth-order valence-corrected chi connectivity index (χ4v) is 2.18. The van der Waals surface area contributed by atoms with Crippen LogP contribution in [0.25, 0.3) is 5.57 Å². The summed E-state index contributed by atoms with van der Waals surface area (Å²) in [4.78, 5) is 25.9. The van der Waals surface area contributed by atoms with Crippen LogP contribution in [0.1, 0.15) is 16.1 Å². The molecule has 2 aromatic rings. The van der Waals surface area contributed by atoms with E-state index in [0.717, 1.165) is 4.47 Å². The van der Waals surface area contributed by atoms with Gasteiger partial charge in [-0.2, -0.15) is 0 Å². The summed E-state index contributed by atoms with van der Waals surface area (Å²) in [5.74, 6) is 2.18. The highest BCUT2D eigenvalue weighted by molar-refractivity contribution is 9.10. The van der Waals surface area contributed by atoms with Gasteiger partial charge in [-0.25, -0.2) is 4.79 Å². The number of carbonyl (C=O) groups excluding carboxylic acids is 2. The molecule has 2 rings (SSSR count). The normalized spacial score (nSPS) is 10.0. The zero-order chi connectivity index (χ0) is 16.7. The van der Waals surface area contributed by atoms with Crippen molar-refractivity contribution < 1.29 is 19.1 Å². The standard InChI is InChI=1S/C16H15BrN2O4/c1-22-10-23-14-4-2-11(3-5-14)12(9-20)7-19-16(21)15-6-13(17)8-18-15/h2-6,8,18H,7,10H2,1H3,(H,19,21). The summed E-state index contributed by atoms with van der Waals surface area (Å²) in [6, 6.07) is 8.54. The van der Waals surface area contributed by atoms with Crippen molar-refractivity contribution in [3.63, 3.8) is 0 Å². The molecule has 0 spiro atoms. The lowest BCUT2D eigenvalue weighted by molar-refractivity contribution is 0.0511. The molecular weight excluding hydrogens is 364 g/mol. The highest BCUT2D eigenvalue weighted by Gasteiger charge is 2.10. The first-order chi connectivity index (χ1) is 11.1. The Bertz CT molecular complexity index is 718. The van der Waals surface area contributed by atoms with Crippen LogP contribution in [0, 0.1) is 0 Å². The predicted molar refractivity (Wildman–Crippen MR) is 88.9 cm³/mol. The van der Waals surface area contributed by atoms with Crippen LogP contribution in [0.15, 0.2) is 41.0 Å². The van der Waals surface area contributed by atoms with E-state index < -0.39 is 0 Å². The molecule has 0 bridgehead atoms. The summed E-state index contributed by atoms with van der Waals surface area (Å²) in [5, 5.41) is 2.67. The number of aromatic amines is 1. The van der Waals surface area contributed by atoms with Gasteiger partial charge in [0.1, 0.15) is 17.4 Å². The fraction of sp³-hybridized carbons (Fsp3) is 0.188. The number of methoxy groups -OCH3 is 1. The zero-order valence-corrected chi connectivity index (χ0v) is 14.0. The average Bonchev–Trinajstić information content (AvgIpc) is 3.01. The van der Waals surface area contributed by atoms with Gasteiger partial charge in [0.05, 0.1) is 12.1 Å². The number of H-pyrrole nitrogens is 1. The van der Waals surface area contributed by atoms with E-state index in [0.29, 0.717) is 22.6 Å². The van der Waals surface area contributed by atoms with Crippen LogP contribution in [0.4, 0.5) is 0 Å². The molecule has 0 atom stereocenters. The van der Waals surface area contributed by atoms with E-state index in [-0.39, 0.29) is 19.2 Å². The molecule has 0 aliphatic carbocycles. The third kappa shape index (κ3) is 4.82. The van der Waals surface area contributed by atoms with Crippen molar-refractivity contribution in [1.82, 2.24) is 10.3 Å². The molecule has 0 aliphatic heterocycles. The Hall–Kier alpha value is -2.34. The number of aromatic nitrogens is 1. The van der Waals surface area contributed by atoms with Crippen LogP contribution in [0.2, 0.25) is 0 Å². The molecule has 1 heterocycles. The molecule has 1 aromatic heterocycles. The lowest BCUT2D eigenvalue weighted by Crippen LogP contribution is -2.25. The minimum atomic E-state index is -0.302. The van der Waals surface area contributed by atoms with E-state index in [1.807, 2.05) is 5.94 Å². The van der Waals surface area contributed by atoms with Gasteiger partial charge in [-0.1, -0.05) is 12.1 Å². The number of amides is 1. The summed E-state index contributed by atoms with van der Waals surface area (Å²) >= 11 is 3.26. The number of benzene rings is 1. The van der Waals surface area contributed by atoms with Crippen molar-refractivity contribution in [2.75, 3.05) is 20.4 Å². The van der Waals surface area contributed by atoms with Crippen LogP contribution < -0.4 is 10.1 Å². The number of halogens is 1. The number of hydrogen-bond acceptors (Lipinski definition) is 4. The first kappa shape index (κ1) is 17.0. The Kier molecular flexibility index (Phi) is 6.17. The smallest absolute Gasteiger partial charge is 0.268 e. The topological polar surface area (TPSA) is 80.4 Å². The molecule has 0 saturated carbocycles. The van der Waals surface area contributed by atoms with Crippen LogP contribution in [-0.4, -0.2) is 37.3 Å². The minimum absolute atomic E-state index is 0.0806. The molecule has 120 valence electrons. The van der Waals surface area contributed by atoms with Crippen LogP contribution in [-0.2, 0) is 9.53 Å². The first-order valence-corrected chi connectivity index (χ1v) is 7.51. The molecule has 23 heavy (non-hydrogen) atoms. The van der Waals surface area contributed by atoms with Gasteiger partial charge < -0.3 is 19.8 Å². The summed E-state index contributed by atoms with van der Waals surface area (Å²) in [5.41, 5.74) is 1.42. The van der Waals surface area contributed by atoms with Crippen molar-refractivity contribution >= 4 is 33.4 Å². The molecule has 0 radical (unpaired) electrons. The van der Waals surface area contributed by atoms with Crippen molar-refractivity contribution in [2.45, 2.75) is 0 Å². The monoisotopic (exact) mass is 378 g/mol. The maximum Gasteiger partial charge on any atom is 0.268 e. The van der Waals surface area contributed by atoms with E-state index in [4.69, 9.17) is 9.47 Å². The number of ether oxygens (including phenoxy) is 2. The van der Waals surface area contributed by atoms with E-state index in [1.54, 1.807) is 36.5 Å². The Balaban J connectivity index is 1.97. The molecule has 1 aromatic carbocycles. The SMILES string of the molecule is COCOc1ccc(C(=C=O)CNC(=O)c2cc(Br)c[nH]2)cc1. The average molecular weight is 379 g/mol. The summed E-state index contributed by atoms with van der Waals surface area (Å²) in [6.45, 7) is 0.231. The van der Waals surface area contributed by atoms with Gasteiger partial charge in [-0.15, -0.1) is 0 Å². The molecule has 0 aliphatic rings. The molecular formula is C16H15BrN2O4. The number of carbonyl (C=O) groups is 1. The maximum absolute atomic E-state index is 11.9. The molecule has 0 fully saturated rings. The highest BCUT2D eigenvalue weighted by Crippen LogP contribution is 2.17. The van der Waals surface area contributed by atoms with E-state index in [9.17, 15) is 9.59 Å². The van der Waals surface area contributed by atoms with Gasteiger partial charge in [0, 0.05) is 17.8 Å². The van der Waals surface area contributed by atoms with Crippen molar-refractivity contribution in [1.29, 1.82) is 0 Å². The molecule has 2 N–H and O–H groups in total. The number of hydrogen-bond donors (Lipinski definition) is 2. The highest BCUT2D eigenvalue weighted by atomic mass is 79.9. The predicted octanol–water partition coefficient (Wildman–Crippen LogP) is 2.40. The number of nitrogens with one attached hydrogen (secondary N) is 2. The first-order valence-electron chi connectivity index (χ1n) is 6.72. The molecule has 0 saturated heterocycles. The quantitative estimate of drug-likeness (QED) is 0.572. The van der Waals surface area contributed by atoms with Crippen molar-refractivity contribution in [2.24, 2.45) is 0 Å². The largest absolute Gasteiger partial charge is 0.468 e. The lowest BCUT2D eigenvalue weighted by Gasteiger charge is -2.08. The van der Waals surface area contributed by atoms with Gasteiger partial charge in [0.25, 0.3) is 5.91 Å². The minimum Gasteiger partial charge on any atom is -0.468 e. The second kappa shape index (κ2) is 8.33. The second-order valence-electron chi connectivity index (χ2n) is 4.57. The summed E-state index contributed by atoms with van der Waals surface area (Å²) in [6.07, 6.45) is 1.66. The third-order valence-electron chi connectivity index (χ3n) is 2.99. The van der Waals surface area contributed by atoms with E-state index >= 15 is 0 Å². The molecule has 1 amide bonds. The maximum atomic E-state index is 11.9. The zero-order valence-electron chi connectivity index (χ0n) is 12.4. The third-order valence-corrected chi connectivity index (χ3v) is 3.45. The fourth-order valence-electron chi connectivity index (χ4n) is 1.84. The van der Waals surface area contributed by atoms with Crippen molar-refractivity contribution in [3.8, 4) is 5.75 Å². The Morgan fingerprint density at radius 2 is 2.09 bits per heavy atom. The van der Waals surface area contributed by atoms with Gasteiger partial charge in [0.2, 0.25) is 0 Å². The lowest BCUT2D eigenvalue weighted by atomic mass is 10.1. The van der Waals surface area contributed by atoms with Gasteiger partial charge >= 0.3 is 0 Å². The Morgan fingerprint density at radius 3 is 2.65 bits per heavy atom. The molecule has 6 nitrogen and oxygen atoms in total. The van der Waals surface area contributed by atoms with Crippen LogP contribution in [0.3, 0.4) is 0 Å². The van der Waals surface area contributed by atoms with Gasteiger partial charge in [0.15, 0.2) is 6.79 Å². The molecule has 0 unspecified atom stereocenters. The van der Waals surface area contributed by atoms with Gasteiger partial charge in [-0.05, 0) is 39.7 Å². The van der Waals surface area contributed by atoms with E-state index in [2.05, 4.69) is 26.2 Å². The summed E-state index contributed by atoms with van der Waals surface area (Å²) < 4.78 is 10.9. The van der Waals surface area contributed by atoms with Crippen molar-refractivity contribution in [3.05, 3.63) is 52.3 Å². The molecule has 7 heteroatoms. The summed E-state index contributed by atoms with van der Waals surface area (Å²) in [7, 11) is 1.53. The van der Waals surface area contributed by atoms with E-state index in [1.165, 1.54) is 7.11 Å². The van der Waals surface area contributed by atoms with Gasteiger partial charge in [-0.3, -0.25) is 4.79 Å². The second-order valence-corrected chi connectivity index (χ2v) is 5.49.